The minimum absolute atomic E-state index is 0.0207. The van der Waals surface area contributed by atoms with E-state index < -0.39 is 6.04 Å². The molecule has 0 aliphatic heterocycles. The van der Waals surface area contributed by atoms with Crippen molar-refractivity contribution in [2.24, 2.45) is 11.8 Å². The third-order valence-electron chi connectivity index (χ3n) is 4.48. The van der Waals surface area contributed by atoms with Gasteiger partial charge < -0.3 is 10.6 Å². The Balaban J connectivity index is 1.99. The van der Waals surface area contributed by atoms with Crippen LogP contribution >= 0.6 is 0 Å². The molecular weight excluding hydrogens is 302 g/mol. The van der Waals surface area contributed by atoms with Crippen LogP contribution < -0.4 is 10.6 Å². The van der Waals surface area contributed by atoms with Crippen molar-refractivity contribution in [3.63, 3.8) is 0 Å². The maximum Gasteiger partial charge on any atom is 0.248 e. The summed E-state index contributed by atoms with van der Waals surface area (Å²) in [6.45, 7) is 6.05. The number of hydrogen-bond acceptors (Lipinski definition) is 3. The molecule has 2 rings (SSSR count). The third-order valence-corrected chi connectivity index (χ3v) is 4.48. The van der Waals surface area contributed by atoms with Crippen molar-refractivity contribution in [1.29, 1.82) is 0 Å². The number of amides is 2. The molecule has 1 atom stereocenters. The number of aromatic nitrogens is 1. The lowest BCUT2D eigenvalue weighted by atomic mass is 9.88. The topological polar surface area (TPSA) is 71.1 Å². The SMILES string of the molecule is Cc1ccc(NC(=O)C(CC(C)C)NC(=O)C2CCCCC2)nc1. The summed E-state index contributed by atoms with van der Waals surface area (Å²) >= 11 is 0. The van der Waals surface area contributed by atoms with Crippen LogP contribution in [0.1, 0.15) is 57.9 Å². The molecule has 0 saturated heterocycles. The van der Waals surface area contributed by atoms with Crippen molar-refractivity contribution >= 4 is 17.6 Å². The second-order valence-electron chi connectivity index (χ2n) is 7.24. The van der Waals surface area contributed by atoms with E-state index in [4.69, 9.17) is 0 Å². The molecule has 5 heteroatoms. The van der Waals surface area contributed by atoms with Gasteiger partial charge in [-0.05, 0) is 43.7 Å². The van der Waals surface area contributed by atoms with Crippen LogP contribution in [0.2, 0.25) is 0 Å². The summed E-state index contributed by atoms with van der Waals surface area (Å²) in [7, 11) is 0. The van der Waals surface area contributed by atoms with E-state index in [9.17, 15) is 9.59 Å². The van der Waals surface area contributed by atoms with Gasteiger partial charge in [0.15, 0.2) is 0 Å². The molecule has 1 aliphatic rings. The smallest absolute Gasteiger partial charge is 0.248 e. The van der Waals surface area contributed by atoms with E-state index >= 15 is 0 Å². The van der Waals surface area contributed by atoms with E-state index in [2.05, 4.69) is 29.5 Å². The molecular formula is C19H29N3O2. The maximum absolute atomic E-state index is 12.6. The molecule has 0 radical (unpaired) electrons. The summed E-state index contributed by atoms with van der Waals surface area (Å²) in [5.74, 6) is 0.722. The lowest BCUT2D eigenvalue weighted by Crippen LogP contribution is -2.47. The van der Waals surface area contributed by atoms with Crippen LogP contribution in [0.3, 0.4) is 0 Å². The molecule has 2 N–H and O–H groups in total. The third kappa shape index (κ3) is 5.62. The van der Waals surface area contributed by atoms with Crippen molar-refractivity contribution < 1.29 is 9.59 Å². The van der Waals surface area contributed by atoms with Gasteiger partial charge in [-0.15, -0.1) is 0 Å². The van der Waals surface area contributed by atoms with Gasteiger partial charge in [-0.25, -0.2) is 4.98 Å². The Morgan fingerprint density at radius 3 is 2.50 bits per heavy atom. The number of pyridine rings is 1. The Hall–Kier alpha value is -1.91. The van der Waals surface area contributed by atoms with Crippen LogP contribution in [0, 0.1) is 18.8 Å². The zero-order valence-electron chi connectivity index (χ0n) is 15.0. The normalized spacial score (nSPS) is 16.7. The van der Waals surface area contributed by atoms with E-state index in [1.54, 1.807) is 12.3 Å². The Morgan fingerprint density at radius 1 is 1.21 bits per heavy atom. The molecule has 0 bridgehead atoms. The highest BCUT2D eigenvalue weighted by molar-refractivity contribution is 5.96. The Labute approximate surface area is 144 Å². The minimum atomic E-state index is -0.512. The van der Waals surface area contributed by atoms with Gasteiger partial charge in [0.05, 0.1) is 0 Å². The van der Waals surface area contributed by atoms with E-state index in [0.717, 1.165) is 31.2 Å². The van der Waals surface area contributed by atoms with Crippen LogP contribution in [0.4, 0.5) is 5.82 Å². The summed E-state index contributed by atoms with van der Waals surface area (Å²) in [4.78, 5) is 29.3. The predicted octanol–water partition coefficient (Wildman–Crippen LogP) is 3.44. The average Bonchev–Trinajstić information content (AvgIpc) is 2.56. The van der Waals surface area contributed by atoms with Crippen molar-refractivity contribution in [1.82, 2.24) is 10.3 Å². The zero-order valence-corrected chi connectivity index (χ0v) is 15.0. The van der Waals surface area contributed by atoms with E-state index in [0.29, 0.717) is 18.2 Å². The number of aryl methyl sites for hydroxylation is 1. The molecule has 132 valence electrons. The highest BCUT2D eigenvalue weighted by atomic mass is 16.2. The maximum atomic E-state index is 12.6. The number of carbonyl (C=O) groups excluding carboxylic acids is 2. The van der Waals surface area contributed by atoms with Gasteiger partial charge in [0.2, 0.25) is 11.8 Å². The molecule has 1 heterocycles. The molecule has 1 saturated carbocycles. The van der Waals surface area contributed by atoms with E-state index in [-0.39, 0.29) is 17.7 Å². The Kier molecular flexibility index (Phi) is 6.76. The first kappa shape index (κ1) is 18.4. The number of anilines is 1. The molecule has 24 heavy (non-hydrogen) atoms. The van der Waals surface area contributed by atoms with Crippen molar-refractivity contribution in [2.75, 3.05) is 5.32 Å². The fourth-order valence-electron chi connectivity index (χ4n) is 3.11. The van der Waals surface area contributed by atoms with Gasteiger partial charge in [-0.3, -0.25) is 9.59 Å². The first-order valence-corrected chi connectivity index (χ1v) is 8.99. The second kappa shape index (κ2) is 8.81. The fraction of sp³-hybridized carbons (Fsp3) is 0.632. The van der Waals surface area contributed by atoms with Gasteiger partial charge in [-0.1, -0.05) is 39.2 Å². The monoisotopic (exact) mass is 331 g/mol. The van der Waals surface area contributed by atoms with Crippen molar-refractivity contribution in [3.8, 4) is 0 Å². The molecule has 1 unspecified atom stereocenters. The van der Waals surface area contributed by atoms with Gasteiger partial charge in [-0.2, -0.15) is 0 Å². The van der Waals surface area contributed by atoms with Crippen LogP contribution in [-0.2, 0) is 9.59 Å². The van der Waals surface area contributed by atoms with Crippen LogP contribution in [0.5, 0.6) is 0 Å². The second-order valence-corrected chi connectivity index (χ2v) is 7.24. The van der Waals surface area contributed by atoms with Crippen LogP contribution in [0.25, 0.3) is 0 Å². The lowest BCUT2D eigenvalue weighted by Gasteiger charge is -2.25. The standard InChI is InChI=1S/C19H29N3O2/c1-13(2)11-16(21-18(23)15-7-5-4-6-8-15)19(24)22-17-10-9-14(3)12-20-17/h9-10,12-13,15-16H,4-8,11H2,1-3H3,(H,21,23)(H,20,22,24). The number of nitrogens with zero attached hydrogens (tertiary/aromatic N) is 1. The van der Waals surface area contributed by atoms with E-state index in [1.165, 1.54) is 6.42 Å². The molecule has 1 aliphatic carbocycles. The highest BCUT2D eigenvalue weighted by Crippen LogP contribution is 2.24. The lowest BCUT2D eigenvalue weighted by molar-refractivity contribution is -0.130. The first-order valence-electron chi connectivity index (χ1n) is 8.99. The van der Waals surface area contributed by atoms with Gasteiger partial charge >= 0.3 is 0 Å². The van der Waals surface area contributed by atoms with Crippen molar-refractivity contribution in [3.05, 3.63) is 23.9 Å². The Bertz CT molecular complexity index is 548. The van der Waals surface area contributed by atoms with E-state index in [1.807, 2.05) is 13.0 Å². The Morgan fingerprint density at radius 2 is 1.92 bits per heavy atom. The molecule has 1 aromatic heterocycles. The van der Waals surface area contributed by atoms with Gasteiger partial charge in [0.1, 0.15) is 11.9 Å². The molecule has 1 aromatic rings. The minimum Gasteiger partial charge on any atom is -0.344 e. The number of carbonyl (C=O) groups is 2. The van der Waals surface area contributed by atoms with Gasteiger partial charge in [0, 0.05) is 12.1 Å². The number of rotatable bonds is 6. The van der Waals surface area contributed by atoms with Crippen molar-refractivity contribution in [2.45, 2.75) is 65.3 Å². The zero-order chi connectivity index (χ0) is 17.5. The van der Waals surface area contributed by atoms with Crippen LogP contribution in [0.15, 0.2) is 18.3 Å². The summed E-state index contributed by atoms with van der Waals surface area (Å²) < 4.78 is 0. The molecule has 1 fully saturated rings. The molecule has 0 spiro atoms. The summed E-state index contributed by atoms with van der Waals surface area (Å²) in [5.41, 5.74) is 1.04. The molecule has 0 aromatic carbocycles. The highest BCUT2D eigenvalue weighted by Gasteiger charge is 2.27. The first-order chi connectivity index (χ1) is 11.5. The summed E-state index contributed by atoms with van der Waals surface area (Å²) in [6, 6.07) is 3.17. The van der Waals surface area contributed by atoms with Gasteiger partial charge in [0.25, 0.3) is 0 Å². The number of hydrogen-bond donors (Lipinski definition) is 2. The molecule has 5 nitrogen and oxygen atoms in total. The summed E-state index contributed by atoms with van der Waals surface area (Å²) in [5, 5.41) is 5.79. The average molecular weight is 331 g/mol. The quantitative estimate of drug-likeness (QED) is 0.839. The largest absolute Gasteiger partial charge is 0.344 e. The van der Waals surface area contributed by atoms with Crippen LogP contribution in [-0.4, -0.2) is 22.8 Å². The predicted molar refractivity (Wildman–Crippen MR) is 95.6 cm³/mol. The molecule has 2 amide bonds. The summed E-state index contributed by atoms with van der Waals surface area (Å²) in [6.07, 6.45) is 7.62. The fourth-order valence-corrected chi connectivity index (χ4v) is 3.11. The number of nitrogens with one attached hydrogen (secondary N) is 2.